The van der Waals surface area contributed by atoms with E-state index in [-0.39, 0.29) is 24.4 Å². The zero-order valence-electron chi connectivity index (χ0n) is 14.8. The Bertz CT molecular complexity index is 914. The number of aryl methyl sites for hydroxylation is 1. The Labute approximate surface area is 156 Å². The van der Waals surface area contributed by atoms with Crippen LogP contribution in [0.15, 0.2) is 71.4 Å². The van der Waals surface area contributed by atoms with Crippen molar-refractivity contribution in [1.82, 2.24) is 15.4 Å². The molecule has 2 heterocycles. The monoisotopic (exact) mass is 361 g/mol. The molecule has 1 aliphatic rings. The third kappa shape index (κ3) is 3.21. The smallest absolute Gasteiger partial charge is 0.325 e. The highest BCUT2D eigenvalue weighted by Gasteiger charge is 2.44. The van der Waals surface area contributed by atoms with Crippen molar-refractivity contribution in [2.24, 2.45) is 0 Å². The summed E-state index contributed by atoms with van der Waals surface area (Å²) in [5, 5.41) is 6.86. The summed E-state index contributed by atoms with van der Waals surface area (Å²) in [5.41, 5.74) is 3.35. The van der Waals surface area contributed by atoms with Crippen LogP contribution in [-0.4, -0.2) is 22.0 Å². The van der Waals surface area contributed by atoms with E-state index in [1.54, 1.807) is 6.92 Å². The van der Waals surface area contributed by atoms with E-state index < -0.39 is 6.03 Å². The van der Waals surface area contributed by atoms with Gasteiger partial charge in [-0.3, -0.25) is 9.69 Å². The summed E-state index contributed by atoms with van der Waals surface area (Å²) in [4.78, 5) is 26.4. The third-order valence-corrected chi connectivity index (χ3v) is 4.85. The number of likely N-dealkylation sites (tertiary alicyclic amines) is 1. The summed E-state index contributed by atoms with van der Waals surface area (Å²) in [7, 11) is 0. The molecule has 1 aliphatic heterocycles. The average molecular weight is 361 g/mol. The van der Waals surface area contributed by atoms with Gasteiger partial charge in [-0.2, -0.15) is 0 Å². The maximum absolute atomic E-state index is 13.0. The number of hydrogen-bond acceptors (Lipinski definition) is 4. The van der Waals surface area contributed by atoms with Gasteiger partial charge in [0.2, 0.25) is 5.91 Å². The summed E-state index contributed by atoms with van der Waals surface area (Å²) in [5.74, 6) is -0.210. The topological polar surface area (TPSA) is 75.4 Å². The van der Waals surface area contributed by atoms with E-state index >= 15 is 0 Å². The molecule has 1 unspecified atom stereocenters. The molecule has 1 saturated heterocycles. The lowest BCUT2D eigenvalue weighted by molar-refractivity contribution is -0.141. The van der Waals surface area contributed by atoms with Gasteiger partial charge < -0.3 is 9.84 Å². The van der Waals surface area contributed by atoms with Crippen LogP contribution in [0.3, 0.4) is 0 Å². The first-order valence-electron chi connectivity index (χ1n) is 8.78. The van der Waals surface area contributed by atoms with Gasteiger partial charge in [0, 0.05) is 5.56 Å². The van der Waals surface area contributed by atoms with E-state index in [0.717, 1.165) is 16.7 Å². The number of benzene rings is 2. The van der Waals surface area contributed by atoms with Crippen LogP contribution in [0.25, 0.3) is 0 Å². The van der Waals surface area contributed by atoms with Crippen LogP contribution in [0, 0.1) is 6.92 Å². The third-order valence-electron chi connectivity index (χ3n) is 4.85. The molecule has 1 fully saturated rings. The van der Waals surface area contributed by atoms with Gasteiger partial charge in [0.15, 0.2) is 0 Å². The lowest BCUT2D eigenvalue weighted by atomic mass is 9.94. The first-order chi connectivity index (χ1) is 13.1. The zero-order chi connectivity index (χ0) is 18.8. The fourth-order valence-electron chi connectivity index (χ4n) is 3.38. The van der Waals surface area contributed by atoms with Crippen LogP contribution < -0.4 is 5.32 Å². The molecule has 3 amide bonds. The van der Waals surface area contributed by atoms with Crippen LogP contribution in [-0.2, 0) is 4.79 Å². The fourth-order valence-corrected chi connectivity index (χ4v) is 3.38. The Balaban J connectivity index is 1.60. The molecule has 1 aromatic heterocycles. The van der Waals surface area contributed by atoms with Gasteiger partial charge in [-0.15, -0.1) is 0 Å². The number of β-lactam (4-membered cyclic amide) rings is 1. The van der Waals surface area contributed by atoms with E-state index in [4.69, 9.17) is 4.52 Å². The largest absolute Gasteiger partial charge is 0.364 e. The predicted molar refractivity (Wildman–Crippen MR) is 98.7 cm³/mol. The lowest BCUT2D eigenvalue weighted by Crippen LogP contribution is -2.54. The molecule has 0 radical (unpaired) electrons. The van der Waals surface area contributed by atoms with E-state index in [1.165, 1.54) is 11.2 Å². The van der Waals surface area contributed by atoms with Crippen molar-refractivity contribution in [1.29, 1.82) is 0 Å². The van der Waals surface area contributed by atoms with Crippen molar-refractivity contribution < 1.29 is 14.1 Å². The molecule has 0 bridgehead atoms. The molecule has 1 atom stereocenters. The summed E-state index contributed by atoms with van der Waals surface area (Å²) in [6, 6.07) is 18.3. The molecular formula is C21H19N3O3. The normalized spacial score (nSPS) is 16.3. The molecular weight excluding hydrogens is 342 g/mol. The van der Waals surface area contributed by atoms with Crippen LogP contribution in [0.2, 0.25) is 0 Å². The second kappa shape index (κ2) is 7.07. The van der Waals surface area contributed by atoms with E-state index in [2.05, 4.69) is 10.5 Å². The number of imide groups is 1. The number of nitrogens with zero attached hydrogens (tertiary/aromatic N) is 2. The number of carbonyl (C=O) groups excluding carboxylic acids is 2. The van der Waals surface area contributed by atoms with Gasteiger partial charge in [-0.05, 0) is 18.1 Å². The number of amides is 3. The van der Waals surface area contributed by atoms with Crippen LogP contribution in [0.4, 0.5) is 4.79 Å². The maximum atomic E-state index is 13.0. The first kappa shape index (κ1) is 17.0. The molecule has 0 spiro atoms. The summed E-state index contributed by atoms with van der Waals surface area (Å²) < 4.78 is 4.97. The highest BCUT2D eigenvalue weighted by molar-refractivity contribution is 6.00. The van der Waals surface area contributed by atoms with Crippen LogP contribution >= 0.6 is 0 Å². The van der Waals surface area contributed by atoms with Crippen molar-refractivity contribution in [2.45, 2.75) is 25.4 Å². The molecule has 136 valence electrons. The zero-order valence-corrected chi connectivity index (χ0v) is 14.8. The molecule has 2 aromatic carbocycles. The minimum Gasteiger partial charge on any atom is -0.364 e. The standard InChI is InChI=1S/C21H19N3O3/c1-14-17(13-27-23-14)18-12-19(25)24(18)21(26)22-20(15-8-4-2-5-9-15)16-10-6-3-7-11-16/h2-11,13,18,20H,12H2,1H3,(H,22,26). The quantitative estimate of drug-likeness (QED) is 0.718. The number of aromatic nitrogens is 1. The Morgan fingerprint density at radius 1 is 1.11 bits per heavy atom. The molecule has 4 rings (SSSR count). The van der Waals surface area contributed by atoms with Gasteiger partial charge in [0.25, 0.3) is 0 Å². The Hall–Kier alpha value is -3.41. The minimum absolute atomic E-state index is 0.210. The van der Waals surface area contributed by atoms with Crippen molar-refractivity contribution in [3.05, 3.63) is 89.3 Å². The molecule has 0 saturated carbocycles. The number of urea groups is 1. The summed E-state index contributed by atoms with van der Waals surface area (Å²) in [6.07, 6.45) is 1.77. The van der Waals surface area contributed by atoms with E-state index in [9.17, 15) is 9.59 Å². The van der Waals surface area contributed by atoms with Crippen LogP contribution in [0.5, 0.6) is 0 Å². The SMILES string of the molecule is Cc1nocc1C1CC(=O)N1C(=O)NC(c1ccccc1)c1ccccc1. The Kier molecular flexibility index (Phi) is 4.46. The Morgan fingerprint density at radius 2 is 1.70 bits per heavy atom. The lowest BCUT2D eigenvalue weighted by Gasteiger charge is -2.39. The minimum atomic E-state index is -0.422. The van der Waals surface area contributed by atoms with Gasteiger partial charge in [0.05, 0.1) is 24.2 Å². The molecule has 3 aromatic rings. The number of hydrogen-bond donors (Lipinski definition) is 1. The van der Waals surface area contributed by atoms with Crippen molar-refractivity contribution in [2.75, 3.05) is 0 Å². The maximum Gasteiger partial charge on any atom is 0.325 e. The molecule has 1 N–H and O–H groups in total. The molecule has 0 aliphatic carbocycles. The van der Waals surface area contributed by atoms with Gasteiger partial charge >= 0.3 is 6.03 Å². The molecule has 6 nitrogen and oxygen atoms in total. The Morgan fingerprint density at radius 3 is 2.19 bits per heavy atom. The van der Waals surface area contributed by atoms with Gasteiger partial charge in [0.1, 0.15) is 6.26 Å². The number of carbonyl (C=O) groups is 2. The second-order valence-electron chi connectivity index (χ2n) is 6.54. The number of nitrogens with one attached hydrogen (secondary N) is 1. The van der Waals surface area contributed by atoms with Crippen molar-refractivity contribution in [3.8, 4) is 0 Å². The van der Waals surface area contributed by atoms with Gasteiger partial charge in [-0.25, -0.2) is 4.79 Å². The van der Waals surface area contributed by atoms with Crippen molar-refractivity contribution in [3.63, 3.8) is 0 Å². The van der Waals surface area contributed by atoms with Crippen molar-refractivity contribution >= 4 is 11.9 Å². The van der Waals surface area contributed by atoms with Crippen LogP contribution in [0.1, 0.15) is 40.9 Å². The summed E-state index contributed by atoms with van der Waals surface area (Å²) in [6.45, 7) is 1.80. The highest BCUT2D eigenvalue weighted by Crippen LogP contribution is 2.36. The first-order valence-corrected chi connectivity index (χ1v) is 8.78. The number of rotatable bonds is 4. The molecule has 6 heteroatoms. The van der Waals surface area contributed by atoms with E-state index in [1.807, 2.05) is 60.7 Å². The summed E-state index contributed by atoms with van der Waals surface area (Å²) >= 11 is 0. The second-order valence-corrected chi connectivity index (χ2v) is 6.54. The average Bonchev–Trinajstić information content (AvgIpc) is 3.10. The fraction of sp³-hybridized carbons (Fsp3) is 0.190. The predicted octanol–water partition coefficient (Wildman–Crippen LogP) is 3.76. The highest BCUT2D eigenvalue weighted by atomic mass is 16.5. The molecule has 27 heavy (non-hydrogen) atoms. The van der Waals surface area contributed by atoms with Gasteiger partial charge in [-0.1, -0.05) is 65.8 Å². The van der Waals surface area contributed by atoms with E-state index in [0.29, 0.717) is 5.69 Å².